The van der Waals surface area contributed by atoms with Gasteiger partial charge in [0.05, 0.1) is 0 Å². The van der Waals surface area contributed by atoms with Gasteiger partial charge in [-0.2, -0.15) is 0 Å². The molecule has 0 radical (unpaired) electrons. The standard InChI is InChI=1S/C7H7N3S/c1-5-4-6(11)10-3-2-8-7(10)9-5/h2-4H,1H3,(H,8,9). The van der Waals surface area contributed by atoms with E-state index < -0.39 is 0 Å². The monoisotopic (exact) mass is 165 g/mol. The molecule has 0 aliphatic rings. The van der Waals surface area contributed by atoms with Gasteiger partial charge in [-0.25, -0.2) is 4.98 Å². The second-order valence-corrected chi connectivity index (χ2v) is 2.83. The van der Waals surface area contributed by atoms with Crippen molar-refractivity contribution in [3.63, 3.8) is 0 Å². The van der Waals surface area contributed by atoms with Gasteiger partial charge in [0.25, 0.3) is 0 Å². The number of hydrogen-bond donors (Lipinski definition) is 1. The van der Waals surface area contributed by atoms with Gasteiger partial charge >= 0.3 is 0 Å². The Morgan fingerprint density at radius 3 is 3.27 bits per heavy atom. The van der Waals surface area contributed by atoms with Gasteiger partial charge in [-0.1, -0.05) is 12.2 Å². The highest BCUT2D eigenvalue weighted by Gasteiger charge is 1.94. The van der Waals surface area contributed by atoms with E-state index in [4.69, 9.17) is 12.2 Å². The van der Waals surface area contributed by atoms with Crippen molar-refractivity contribution in [2.24, 2.45) is 0 Å². The fourth-order valence-electron chi connectivity index (χ4n) is 1.04. The van der Waals surface area contributed by atoms with Crippen molar-refractivity contribution >= 4 is 18.0 Å². The summed E-state index contributed by atoms with van der Waals surface area (Å²) in [5, 5.41) is 0. The number of fused-ring (bicyclic) bond motifs is 1. The maximum Gasteiger partial charge on any atom is 0.212 e. The Hall–Kier alpha value is -1.16. The minimum Gasteiger partial charge on any atom is -0.329 e. The molecule has 0 unspecified atom stereocenters. The molecule has 0 aliphatic heterocycles. The van der Waals surface area contributed by atoms with Gasteiger partial charge in [0.2, 0.25) is 5.78 Å². The summed E-state index contributed by atoms with van der Waals surface area (Å²) in [6.07, 6.45) is 3.56. The molecule has 4 heteroatoms. The summed E-state index contributed by atoms with van der Waals surface area (Å²) < 4.78 is 2.62. The van der Waals surface area contributed by atoms with E-state index in [9.17, 15) is 0 Å². The molecule has 2 aromatic heterocycles. The molecule has 0 spiro atoms. The maximum atomic E-state index is 5.10. The van der Waals surface area contributed by atoms with Crippen molar-refractivity contribution < 1.29 is 0 Å². The van der Waals surface area contributed by atoms with Gasteiger partial charge in [-0.3, -0.25) is 4.40 Å². The van der Waals surface area contributed by atoms with Gasteiger partial charge in [0.15, 0.2) is 0 Å². The highest BCUT2D eigenvalue weighted by Crippen LogP contribution is 2.00. The molecule has 0 amide bonds. The molecule has 0 saturated heterocycles. The highest BCUT2D eigenvalue weighted by molar-refractivity contribution is 7.71. The van der Waals surface area contributed by atoms with E-state index in [-0.39, 0.29) is 0 Å². The SMILES string of the molecule is Cc1cc(=S)n2ccnc2[nH]1. The van der Waals surface area contributed by atoms with Crippen LogP contribution < -0.4 is 0 Å². The summed E-state index contributed by atoms with van der Waals surface area (Å²) in [6, 6.07) is 1.91. The molecule has 0 aliphatic carbocycles. The number of rotatable bonds is 0. The lowest BCUT2D eigenvalue weighted by Gasteiger charge is -1.95. The molecular weight excluding hydrogens is 158 g/mol. The molecule has 0 fully saturated rings. The first-order valence-corrected chi connectivity index (χ1v) is 3.71. The Kier molecular flexibility index (Phi) is 1.29. The van der Waals surface area contributed by atoms with Crippen molar-refractivity contribution in [1.82, 2.24) is 14.4 Å². The van der Waals surface area contributed by atoms with Crippen LogP contribution in [0.2, 0.25) is 0 Å². The number of aromatic amines is 1. The number of aryl methyl sites for hydroxylation is 1. The zero-order chi connectivity index (χ0) is 7.84. The van der Waals surface area contributed by atoms with Crippen LogP contribution in [0.3, 0.4) is 0 Å². The van der Waals surface area contributed by atoms with E-state index in [0.717, 1.165) is 16.1 Å². The maximum absolute atomic E-state index is 5.10. The molecule has 0 aromatic carbocycles. The lowest BCUT2D eigenvalue weighted by Crippen LogP contribution is -1.91. The first-order valence-electron chi connectivity index (χ1n) is 3.30. The molecular formula is C7H7N3S. The molecule has 2 heterocycles. The average molecular weight is 165 g/mol. The zero-order valence-electron chi connectivity index (χ0n) is 6.03. The number of imidazole rings is 1. The van der Waals surface area contributed by atoms with Crippen molar-refractivity contribution in [3.05, 3.63) is 28.8 Å². The van der Waals surface area contributed by atoms with Gasteiger partial charge in [-0.15, -0.1) is 0 Å². The van der Waals surface area contributed by atoms with Gasteiger partial charge < -0.3 is 4.98 Å². The largest absolute Gasteiger partial charge is 0.329 e. The van der Waals surface area contributed by atoms with E-state index in [0.29, 0.717) is 0 Å². The smallest absolute Gasteiger partial charge is 0.212 e. The molecule has 3 nitrogen and oxygen atoms in total. The van der Waals surface area contributed by atoms with Crippen molar-refractivity contribution in [1.29, 1.82) is 0 Å². The minimum absolute atomic E-state index is 0.786. The molecule has 1 N–H and O–H groups in total. The first-order chi connectivity index (χ1) is 5.27. The van der Waals surface area contributed by atoms with Crippen LogP contribution in [0.4, 0.5) is 0 Å². The fourth-order valence-corrected chi connectivity index (χ4v) is 1.37. The molecule has 56 valence electrons. The quantitative estimate of drug-likeness (QED) is 0.603. The molecule has 0 atom stereocenters. The minimum atomic E-state index is 0.786. The summed E-state index contributed by atoms with van der Waals surface area (Å²) in [4.78, 5) is 7.18. The number of nitrogens with one attached hydrogen (secondary N) is 1. The van der Waals surface area contributed by atoms with E-state index in [2.05, 4.69) is 9.97 Å². The number of H-pyrrole nitrogens is 1. The lowest BCUT2D eigenvalue weighted by molar-refractivity contribution is 1.05. The Bertz CT molecular complexity index is 440. The van der Waals surface area contributed by atoms with Crippen LogP contribution in [-0.4, -0.2) is 14.4 Å². The average Bonchev–Trinajstić information content (AvgIpc) is 2.34. The molecule has 2 rings (SSSR count). The second-order valence-electron chi connectivity index (χ2n) is 2.41. The van der Waals surface area contributed by atoms with Crippen LogP contribution in [0.25, 0.3) is 5.78 Å². The number of nitrogens with zero attached hydrogens (tertiary/aromatic N) is 2. The summed E-state index contributed by atoms with van der Waals surface area (Å²) in [6.45, 7) is 1.96. The van der Waals surface area contributed by atoms with Gasteiger partial charge in [-0.05, 0) is 13.0 Å². The van der Waals surface area contributed by atoms with Crippen LogP contribution in [0, 0.1) is 11.6 Å². The van der Waals surface area contributed by atoms with Gasteiger partial charge in [0.1, 0.15) is 4.64 Å². The highest BCUT2D eigenvalue weighted by atomic mass is 32.1. The number of hydrogen-bond acceptors (Lipinski definition) is 2. The van der Waals surface area contributed by atoms with Crippen LogP contribution in [0.1, 0.15) is 5.69 Å². The zero-order valence-corrected chi connectivity index (χ0v) is 6.85. The Labute approximate surface area is 68.7 Å². The Morgan fingerprint density at radius 1 is 1.64 bits per heavy atom. The third kappa shape index (κ3) is 0.952. The molecule has 11 heavy (non-hydrogen) atoms. The summed E-state index contributed by atoms with van der Waals surface area (Å²) in [5.74, 6) is 0.801. The Balaban J connectivity index is 3.02. The summed E-state index contributed by atoms with van der Waals surface area (Å²) >= 11 is 5.10. The number of aromatic nitrogens is 3. The summed E-state index contributed by atoms with van der Waals surface area (Å²) in [5.41, 5.74) is 1.04. The normalized spacial score (nSPS) is 10.6. The van der Waals surface area contributed by atoms with Crippen LogP contribution in [0.15, 0.2) is 18.5 Å². The molecule has 0 saturated carbocycles. The topological polar surface area (TPSA) is 33.1 Å². The summed E-state index contributed by atoms with van der Waals surface area (Å²) in [7, 11) is 0. The first kappa shape index (κ1) is 6.54. The lowest BCUT2D eigenvalue weighted by atomic mass is 10.5. The molecule has 2 aromatic rings. The fraction of sp³-hybridized carbons (Fsp3) is 0.143. The van der Waals surface area contributed by atoms with Crippen LogP contribution in [0.5, 0.6) is 0 Å². The second kappa shape index (κ2) is 2.17. The van der Waals surface area contributed by atoms with Crippen LogP contribution in [-0.2, 0) is 0 Å². The van der Waals surface area contributed by atoms with Crippen molar-refractivity contribution in [2.75, 3.05) is 0 Å². The predicted octanol–water partition coefficient (Wildman–Crippen LogP) is 1.70. The third-order valence-electron chi connectivity index (χ3n) is 1.53. The third-order valence-corrected chi connectivity index (χ3v) is 1.84. The predicted molar refractivity (Wildman–Crippen MR) is 45.1 cm³/mol. The van der Waals surface area contributed by atoms with E-state index in [1.165, 1.54) is 0 Å². The van der Waals surface area contributed by atoms with E-state index in [1.807, 2.05) is 23.6 Å². The molecule has 0 bridgehead atoms. The van der Waals surface area contributed by atoms with Crippen molar-refractivity contribution in [2.45, 2.75) is 6.92 Å². The van der Waals surface area contributed by atoms with E-state index >= 15 is 0 Å². The Morgan fingerprint density at radius 2 is 2.45 bits per heavy atom. The van der Waals surface area contributed by atoms with Crippen molar-refractivity contribution in [3.8, 4) is 0 Å². The van der Waals surface area contributed by atoms with Gasteiger partial charge in [0, 0.05) is 18.1 Å². The van der Waals surface area contributed by atoms with Crippen LogP contribution >= 0.6 is 12.2 Å². The van der Waals surface area contributed by atoms with E-state index in [1.54, 1.807) is 6.20 Å².